The number of sulfonamides is 1. The van der Waals surface area contributed by atoms with Crippen LogP contribution in [0.25, 0.3) is 0 Å². The third-order valence-corrected chi connectivity index (χ3v) is 7.65. The van der Waals surface area contributed by atoms with Crippen molar-refractivity contribution in [3.05, 3.63) is 45.8 Å². The van der Waals surface area contributed by atoms with Gasteiger partial charge in [0.25, 0.3) is 5.91 Å². The third-order valence-electron chi connectivity index (χ3n) is 4.65. The predicted octanol–water partition coefficient (Wildman–Crippen LogP) is 3.82. The number of rotatable bonds is 8. The van der Waals surface area contributed by atoms with E-state index < -0.39 is 21.9 Å². The molecule has 0 radical (unpaired) electrons. The van der Waals surface area contributed by atoms with Gasteiger partial charge in [0.1, 0.15) is 5.00 Å². The van der Waals surface area contributed by atoms with Crippen LogP contribution < -0.4 is 5.32 Å². The molecule has 0 aliphatic carbocycles. The molecule has 2 rings (SSSR count). The van der Waals surface area contributed by atoms with E-state index in [9.17, 15) is 18.0 Å². The van der Waals surface area contributed by atoms with E-state index in [1.54, 1.807) is 14.0 Å². The maximum absolute atomic E-state index is 12.6. The number of carbonyl (C=O) groups is 2. The van der Waals surface area contributed by atoms with Crippen LogP contribution in [0.3, 0.4) is 0 Å². The average Bonchev–Trinajstić information content (AvgIpc) is 2.98. The Labute approximate surface area is 175 Å². The van der Waals surface area contributed by atoms with Crippen LogP contribution in [-0.2, 0) is 14.8 Å². The lowest BCUT2D eigenvalue weighted by atomic mass is 10.1. The number of nitrogens with zero attached hydrogens (tertiary/aromatic N) is 1. The summed E-state index contributed by atoms with van der Waals surface area (Å²) in [6, 6.07) is 5.75. The fourth-order valence-electron chi connectivity index (χ4n) is 2.70. The van der Waals surface area contributed by atoms with Crippen LogP contribution in [0.15, 0.2) is 29.2 Å². The highest BCUT2D eigenvalue weighted by Gasteiger charge is 2.23. The Hall–Kier alpha value is -2.23. The van der Waals surface area contributed by atoms with E-state index in [4.69, 9.17) is 4.74 Å². The van der Waals surface area contributed by atoms with Crippen LogP contribution in [0.2, 0.25) is 0 Å². The molecule has 1 amide bonds. The molecule has 1 N–H and O–H groups in total. The van der Waals surface area contributed by atoms with Crippen LogP contribution in [-0.4, -0.2) is 45.3 Å². The molecule has 0 saturated carbocycles. The first-order valence-corrected chi connectivity index (χ1v) is 11.4. The van der Waals surface area contributed by atoms with Crippen molar-refractivity contribution in [1.29, 1.82) is 0 Å². The standard InChI is InChI=1S/C20H26N2O5S2/c1-6-7-12-22(4)29(25,26)16-10-8-15(9-11-16)18(23)21-19-17(20(24)27-5)13(2)14(3)28-19/h8-11H,6-7,12H2,1-5H3,(H,21,23). The Morgan fingerprint density at radius 3 is 2.34 bits per heavy atom. The van der Waals surface area contributed by atoms with Gasteiger partial charge in [0.05, 0.1) is 17.6 Å². The molecule has 0 bridgehead atoms. The number of unbranched alkanes of at least 4 members (excludes halogenated alkanes) is 1. The highest BCUT2D eigenvalue weighted by molar-refractivity contribution is 7.89. The highest BCUT2D eigenvalue weighted by atomic mass is 32.2. The van der Waals surface area contributed by atoms with Gasteiger partial charge in [0, 0.05) is 24.0 Å². The van der Waals surface area contributed by atoms with Gasteiger partial charge in [0.2, 0.25) is 10.0 Å². The molecular formula is C20H26N2O5S2. The molecule has 9 heteroatoms. The quantitative estimate of drug-likeness (QED) is 0.633. The number of hydrogen-bond donors (Lipinski definition) is 1. The minimum absolute atomic E-state index is 0.130. The number of benzene rings is 1. The van der Waals surface area contributed by atoms with Crippen molar-refractivity contribution >= 4 is 38.2 Å². The van der Waals surface area contributed by atoms with E-state index in [-0.39, 0.29) is 4.90 Å². The van der Waals surface area contributed by atoms with Gasteiger partial charge in [-0.15, -0.1) is 11.3 Å². The van der Waals surface area contributed by atoms with Gasteiger partial charge in [0.15, 0.2) is 0 Å². The zero-order chi connectivity index (χ0) is 21.8. The molecule has 29 heavy (non-hydrogen) atoms. The summed E-state index contributed by atoms with van der Waals surface area (Å²) in [5.74, 6) is -0.946. The van der Waals surface area contributed by atoms with Crippen LogP contribution in [0, 0.1) is 13.8 Å². The molecule has 7 nitrogen and oxygen atoms in total. The van der Waals surface area contributed by atoms with Crippen LogP contribution in [0.1, 0.15) is 50.9 Å². The lowest BCUT2D eigenvalue weighted by Gasteiger charge is -2.17. The van der Waals surface area contributed by atoms with Crippen LogP contribution in [0.4, 0.5) is 5.00 Å². The van der Waals surface area contributed by atoms with Crippen molar-refractivity contribution < 1.29 is 22.7 Å². The Kier molecular flexibility index (Phi) is 7.56. The summed E-state index contributed by atoms with van der Waals surface area (Å²) in [6.07, 6.45) is 1.67. The highest BCUT2D eigenvalue weighted by Crippen LogP contribution is 2.33. The SMILES string of the molecule is CCCCN(C)S(=O)(=O)c1ccc(C(=O)Nc2sc(C)c(C)c2C(=O)OC)cc1. The number of ether oxygens (including phenoxy) is 1. The van der Waals surface area contributed by atoms with Gasteiger partial charge in [-0.3, -0.25) is 4.79 Å². The fourth-order valence-corrected chi connectivity index (χ4v) is 4.95. The summed E-state index contributed by atoms with van der Waals surface area (Å²) in [6.45, 7) is 6.09. The second-order valence-electron chi connectivity index (χ2n) is 6.64. The molecule has 1 aromatic carbocycles. The predicted molar refractivity (Wildman–Crippen MR) is 114 cm³/mol. The van der Waals surface area contributed by atoms with Gasteiger partial charge in [-0.2, -0.15) is 0 Å². The molecule has 158 valence electrons. The topological polar surface area (TPSA) is 92.8 Å². The number of carbonyl (C=O) groups excluding carboxylic acids is 2. The van der Waals surface area contributed by atoms with Crippen molar-refractivity contribution in [2.45, 2.75) is 38.5 Å². The largest absolute Gasteiger partial charge is 0.465 e. The molecule has 0 aliphatic heterocycles. The van der Waals surface area contributed by atoms with Gasteiger partial charge in [-0.25, -0.2) is 17.5 Å². The van der Waals surface area contributed by atoms with E-state index in [0.29, 0.717) is 22.7 Å². The summed E-state index contributed by atoms with van der Waals surface area (Å²) >= 11 is 1.29. The first-order chi connectivity index (χ1) is 13.6. The summed E-state index contributed by atoms with van der Waals surface area (Å²) in [4.78, 5) is 25.7. The maximum atomic E-state index is 12.6. The monoisotopic (exact) mass is 438 g/mol. The van der Waals surface area contributed by atoms with Gasteiger partial charge < -0.3 is 10.1 Å². The van der Waals surface area contributed by atoms with Crippen LogP contribution in [0.5, 0.6) is 0 Å². The Morgan fingerprint density at radius 1 is 1.17 bits per heavy atom. The molecular weight excluding hydrogens is 412 g/mol. The minimum Gasteiger partial charge on any atom is -0.465 e. The summed E-state index contributed by atoms with van der Waals surface area (Å²) < 4.78 is 31.3. The fraction of sp³-hybridized carbons (Fsp3) is 0.400. The van der Waals surface area contributed by atoms with Gasteiger partial charge >= 0.3 is 5.97 Å². The number of amides is 1. The third kappa shape index (κ3) is 5.04. The van der Waals surface area contributed by atoms with Crippen molar-refractivity contribution in [1.82, 2.24) is 4.31 Å². The lowest BCUT2D eigenvalue weighted by Crippen LogP contribution is -2.28. The number of hydrogen-bond acceptors (Lipinski definition) is 6. The number of thiophene rings is 1. The molecule has 2 aromatic rings. The van der Waals surface area contributed by atoms with Gasteiger partial charge in [-0.05, 0) is 50.1 Å². The number of aryl methyl sites for hydroxylation is 1. The summed E-state index contributed by atoms with van der Waals surface area (Å²) in [5.41, 5.74) is 1.38. The molecule has 1 heterocycles. The zero-order valence-electron chi connectivity index (χ0n) is 17.2. The van der Waals surface area contributed by atoms with E-state index in [2.05, 4.69) is 5.32 Å². The van der Waals surface area contributed by atoms with E-state index in [0.717, 1.165) is 23.3 Å². The van der Waals surface area contributed by atoms with Crippen LogP contribution >= 0.6 is 11.3 Å². The van der Waals surface area contributed by atoms with Crippen molar-refractivity contribution in [2.75, 3.05) is 26.0 Å². The van der Waals surface area contributed by atoms with Gasteiger partial charge in [-0.1, -0.05) is 13.3 Å². The zero-order valence-corrected chi connectivity index (χ0v) is 18.9. The normalized spacial score (nSPS) is 11.5. The molecule has 0 fully saturated rings. The second-order valence-corrected chi connectivity index (χ2v) is 9.91. The first kappa shape index (κ1) is 23.1. The van der Waals surface area contributed by atoms with Crippen molar-refractivity contribution in [3.63, 3.8) is 0 Å². The molecule has 0 saturated heterocycles. The Balaban J connectivity index is 2.22. The number of anilines is 1. The maximum Gasteiger partial charge on any atom is 0.341 e. The number of nitrogens with one attached hydrogen (secondary N) is 1. The first-order valence-electron chi connectivity index (χ1n) is 9.19. The summed E-state index contributed by atoms with van der Waals surface area (Å²) in [7, 11) is -0.762. The minimum atomic E-state index is -3.59. The molecule has 1 aromatic heterocycles. The molecule has 0 aliphatic rings. The molecule has 0 unspecified atom stereocenters. The summed E-state index contributed by atoms with van der Waals surface area (Å²) in [5, 5.41) is 3.14. The molecule has 0 atom stereocenters. The van der Waals surface area contributed by atoms with Crippen molar-refractivity contribution in [2.24, 2.45) is 0 Å². The van der Waals surface area contributed by atoms with E-state index in [1.165, 1.54) is 47.0 Å². The average molecular weight is 439 g/mol. The Bertz CT molecular complexity index is 995. The smallest absolute Gasteiger partial charge is 0.341 e. The molecule has 0 spiro atoms. The number of methoxy groups -OCH3 is 1. The second kappa shape index (κ2) is 9.51. The van der Waals surface area contributed by atoms with E-state index >= 15 is 0 Å². The Morgan fingerprint density at radius 2 is 1.79 bits per heavy atom. The lowest BCUT2D eigenvalue weighted by molar-refractivity contribution is 0.0601. The number of esters is 1. The van der Waals surface area contributed by atoms with E-state index in [1.807, 2.05) is 13.8 Å². The van der Waals surface area contributed by atoms with Crippen molar-refractivity contribution in [3.8, 4) is 0 Å².